The van der Waals surface area contributed by atoms with Gasteiger partial charge >= 0.3 is 5.97 Å². The van der Waals surface area contributed by atoms with Gasteiger partial charge in [-0.3, -0.25) is 9.48 Å². The predicted octanol–water partition coefficient (Wildman–Crippen LogP) is 2.26. The summed E-state index contributed by atoms with van der Waals surface area (Å²) in [7, 11) is 0. The van der Waals surface area contributed by atoms with Crippen molar-refractivity contribution >= 4 is 5.97 Å². The molecule has 1 unspecified atom stereocenters. The molecule has 1 heterocycles. The predicted molar refractivity (Wildman–Crippen MR) is 56.0 cm³/mol. The van der Waals surface area contributed by atoms with Crippen molar-refractivity contribution in [2.45, 2.75) is 44.1 Å². The summed E-state index contributed by atoms with van der Waals surface area (Å²) in [5.41, 5.74) is 0.337. The van der Waals surface area contributed by atoms with Crippen LogP contribution >= 0.6 is 0 Å². The van der Waals surface area contributed by atoms with E-state index in [1.54, 1.807) is 0 Å². The smallest absolute Gasteiger partial charge is 0.309 e. The summed E-state index contributed by atoms with van der Waals surface area (Å²) < 4.78 is 28.7. The molecule has 1 saturated carbocycles. The quantitative estimate of drug-likeness (QED) is 0.887. The Morgan fingerprint density at radius 2 is 2.35 bits per heavy atom. The van der Waals surface area contributed by atoms with E-state index < -0.39 is 17.9 Å². The van der Waals surface area contributed by atoms with Crippen LogP contribution < -0.4 is 0 Å². The van der Waals surface area contributed by atoms with E-state index in [-0.39, 0.29) is 12.8 Å². The summed E-state index contributed by atoms with van der Waals surface area (Å²) in [5.74, 6) is -3.83. The molecule has 6 heteroatoms. The minimum atomic E-state index is -2.79. The Kier molecular flexibility index (Phi) is 3.13. The Bertz CT molecular complexity index is 417. The lowest BCUT2D eigenvalue weighted by atomic mass is 9.91. The van der Waals surface area contributed by atoms with Crippen LogP contribution in [0.3, 0.4) is 0 Å². The van der Waals surface area contributed by atoms with Gasteiger partial charge in [0.05, 0.1) is 12.1 Å². The average molecular weight is 244 g/mol. The van der Waals surface area contributed by atoms with Crippen molar-refractivity contribution in [1.29, 1.82) is 0 Å². The monoisotopic (exact) mass is 244 g/mol. The molecule has 0 saturated heterocycles. The summed E-state index contributed by atoms with van der Waals surface area (Å²) in [6.45, 7) is 0. The number of carbonyl (C=O) groups is 1. The number of aromatic nitrogens is 2. The van der Waals surface area contributed by atoms with Crippen molar-refractivity contribution in [3.63, 3.8) is 0 Å². The lowest BCUT2D eigenvalue weighted by Gasteiger charge is -2.32. The third kappa shape index (κ3) is 2.45. The van der Waals surface area contributed by atoms with Crippen LogP contribution in [0.2, 0.25) is 0 Å². The van der Waals surface area contributed by atoms with Gasteiger partial charge in [-0.2, -0.15) is 5.10 Å². The van der Waals surface area contributed by atoms with Gasteiger partial charge in [0.25, 0.3) is 5.92 Å². The molecule has 0 aliphatic heterocycles. The Balaban J connectivity index is 2.26. The van der Waals surface area contributed by atoms with Crippen LogP contribution in [0.4, 0.5) is 8.78 Å². The average Bonchev–Trinajstić information content (AvgIpc) is 2.64. The fraction of sp³-hybridized carbons (Fsp3) is 0.636. The Morgan fingerprint density at radius 3 is 3.00 bits per heavy atom. The van der Waals surface area contributed by atoms with Crippen molar-refractivity contribution in [3.8, 4) is 0 Å². The second-order valence-electron chi connectivity index (χ2n) is 4.36. The maximum absolute atomic E-state index is 13.7. The number of halogens is 2. The molecular formula is C11H14F2N2O2. The highest BCUT2D eigenvalue weighted by Gasteiger charge is 2.43. The molecule has 1 atom stereocenters. The van der Waals surface area contributed by atoms with Crippen molar-refractivity contribution in [1.82, 2.24) is 9.78 Å². The van der Waals surface area contributed by atoms with Gasteiger partial charge in [0.15, 0.2) is 0 Å². The molecule has 1 fully saturated rings. The van der Waals surface area contributed by atoms with E-state index in [1.807, 2.05) is 0 Å². The molecule has 1 aliphatic carbocycles. The fourth-order valence-corrected chi connectivity index (χ4v) is 2.29. The van der Waals surface area contributed by atoms with Crippen molar-refractivity contribution < 1.29 is 18.7 Å². The summed E-state index contributed by atoms with van der Waals surface area (Å²) in [6.07, 6.45) is 2.55. The Hall–Kier alpha value is -1.46. The maximum Gasteiger partial charge on any atom is 0.309 e. The van der Waals surface area contributed by atoms with Crippen LogP contribution in [-0.4, -0.2) is 26.8 Å². The van der Waals surface area contributed by atoms with Gasteiger partial charge < -0.3 is 5.11 Å². The first kappa shape index (κ1) is 12.0. The number of carboxylic acid groups (broad SMARTS) is 1. The lowest BCUT2D eigenvalue weighted by molar-refractivity contribution is -0.136. The highest BCUT2D eigenvalue weighted by atomic mass is 19.3. The van der Waals surface area contributed by atoms with Crippen LogP contribution in [0.15, 0.2) is 12.3 Å². The van der Waals surface area contributed by atoms with Gasteiger partial charge in [0.1, 0.15) is 6.04 Å². The van der Waals surface area contributed by atoms with Crippen LogP contribution in [0.1, 0.15) is 37.4 Å². The molecule has 4 nitrogen and oxygen atoms in total. The second kappa shape index (κ2) is 4.43. The van der Waals surface area contributed by atoms with E-state index >= 15 is 0 Å². The van der Waals surface area contributed by atoms with Crippen molar-refractivity contribution in [2.24, 2.45) is 0 Å². The highest BCUT2D eigenvalue weighted by Crippen LogP contribution is 2.41. The minimum absolute atomic E-state index is 0.149. The largest absolute Gasteiger partial charge is 0.481 e. The molecule has 17 heavy (non-hydrogen) atoms. The standard InChI is InChI=1S/C11H14F2N2O2/c12-11(13)5-2-1-3-9(11)15-8(4-6-14-15)7-10(16)17/h4,6,9H,1-3,5,7H2,(H,16,17). The van der Waals surface area contributed by atoms with Crippen molar-refractivity contribution in [3.05, 3.63) is 18.0 Å². The summed E-state index contributed by atoms with van der Waals surface area (Å²) in [4.78, 5) is 10.6. The number of aliphatic carboxylic acids is 1. The topological polar surface area (TPSA) is 55.1 Å². The number of hydrogen-bond acceptors (Lipinski definition) is 2. The molecule has 0 amide bonds. The van der Waals surface area contributed by atoms with Crippen LogP contribution in [0.5, 0.6) is 0 Å². The van der Waals surface area contributed by atoms with Gasteiger partial charge in [0, 0.05) is 12.6 Å². The zero-order valence-electron chi connectivity index (χ0n) is 9.27. The molecule has 0 aromatic carbocycles. The van der Waals surface area contributed by atoms with Gasteiger partial charge in [-0.05, 0) is 18.9 Å². The molecule has 1 aromatic rings. The first-order valence-corrected chi connectivity index (χ1v) is 5.63. The Labute approximate surface area is 97.2 Å². The third-order valence-corrected chi connectivity index (χ3v) is 3.11. The number of alkyl halides is 2. The minimum Gasteiger partial charge on any atom is -0.481 e. The molecule has 94 valence electrons. The number of rotatable bonds is 3. The molecule has 0 radical (unpaired) electrons. The van der Waals surface area contributed by atoms with Crippen LogP contribution in [0.25, 0.3) is 0 Å². The highest BCUT2D eigenvalue weighted by molar-refractivity contribution is 5.69. The van der Waals surface area contributed by atoms with E-state index in [0.717, 1.165) is 6.42 Å². The summed E-state index contributed by atoms with van der Waals surface area (Å²) >= 11 is 0. The van der Waals surface area contributed by atoms with Crippen LogP contribution in [-0.2, 0) is 11.2 Å². The third-order valence-electron chi connectivity index (χ3n) is 3.11. The molecule has 1 aliphatic rings. The molecule has 0 spiro atoms. The van der Waals surface area contributed by atoms with E-state index in [1.165, 1.54) is 16.9 Å². The first-order chi connectivity index (χ1) is 8.00. The number of hydrogen-bond donors (Lipinski definition) is 1. The number of carboxylic acids is 1. The molecule has 2 rings (SSSR count). The van der Waals surface area contributed by atoms with E-state index in [4.69, 9.17) is 5.11 Å². The normalized spacial score (nSPS) is 23.5. The molecule has 1 aromatic heterocycles. The Morgan fingerprint density at radius 1 is 1.59 bits per heavy atom. The number of nitrogens with zero attached hydrogens (tertiary/aromatic N) is 2. The molecule has 0 bridgehead atoms. The van der Waals surface area contributed by atoms with E-state index in [0.29, 0.717) is 18.5 Å². The molecule has 1 N–H and O–H groups in total. The van der Waals surface area contributed by atoms with Gasteiger partial charge in [-0.25, -0.2) is 8.78 Å². The van der Waals surface area contributed by atoms with Crippen LogP contribution in [0, 0.1) is 0 Å². The zero-order chi connectivity index (χ0) is 12.5. The molecular weight excluding hydrogens is 230 g/mol. The first-order valence-electron chi connectivity index (χ1n) is 5.63. The van der Waals surface area contributed by atoms with Gasteiger partial charge in [-0.15, -0.1) is 0 Å². The summed E-state index contributed by atoms with van der Waals surface area (Å²) in [6, 6.07) is 0.485. The summed E-state index contributed by atoms with van der Waals surface area (Å²) in [5, 5.41) is 12.6. The SMILES string of the molecule is O=C(O)Cc1ccnn1C1CCCCC1(F)F. The van der Waals surface area contributed by atoms with E-state index in [2.05, 4.69) is 5.10 Å². The zero-order valence-corrected chi connectivity index (χ0v) is 9.27. The second-order valence-corrected chi connectivity index (χ2v) is 4.36. The van der Waals surface area contributed by atoms with E-state index in [9.17, 15) is 13.6 Å². The van der Waals surface area contributed by atoms with Gasteiger partial charge in [0.2, 0.25) is 0 Å². The maximum atomic E-state index is 13.7. The lowest BCUT2D eigenvalue weighted by Crippen LogP contribution is -2.35. The van der Waals surface area contributed by atoms with Gasteiger partial charge in [-0.1, -0.05) is 6.42 Å². The fourth-order valence-electron chi connectivity index (χ4n) is 2.29. The van der Waals surface area contributed by atoms with Crippen molar-refractivity contribution in [2.75, 3.05) is 0 Å².